The number of hydrogen-bond donors (Lipinski definition) is 1. The number of rotatable bonds is 23. The van der Waals surface area contributed by atoms with E-state index in [0.29, 0.717) is 24.2 Å². The fourth-order valence-corrected chi connectivity index (χ4v) is 5.17. The van der Waals surface area contributed by atoms with Crippen LogP contribution in [0.1, 0.15) is 136 Å². The van der Waals surface area contributed by atoms with Crippen molar-refractivity contribution in [2.75, 3.05) is 20.3 Å². The first-order valence-corrected chi connectivity index (χ1v) is 18.5. The quantitative estimate of drug-likeness (QED) is 0.0221. The van der Waals surface area contributed by atoms with Gasteiger partial charge in [0.2, 0.25) is 5.91 Å². The van der Waals surface area contributed by atoms with Gasteiger partial charge in [-0.15, -0.1) is 10.1 Å². The molecule has 1 unspecified atom stereocenters. The monoisotopic (exact) mass is 718 g/mol. The van der Waals surface area contributed by atoms with Crippen molar-refractivity contribution >= 4 is 29.7 Å². The summed E-state index contributed by atoms with van der Waals surface area (Å²) in [6.07, 6.45) is 22.9. The van der Waals surface area contributed by atoms with Gasteiger partial charge < -0.3 is 24.4 Å². The number of carbonyl (C=O) groups is 4. The Balaban J connectivity index is 0.00000116. The summed E-state index contributed by atoms with van der Waals surface area (Å²) in [5, 5.41) is 11.6. The molecule has 1 aliphatic rings. The minimum absolute atomic E-state index is 0.147. The lowest BCUT2D eigenvalue weighted by molar-refractivity contribution is -0.757. The zero-order valence-corrected chi connectivity index (χ0v) is 31.7. The van der Waals surface area contributed by atoms with Gasteiger partial charge in [-0.05, 0) is 69.2 Å². The SMILES string of the molecule is C/C=C\CCCC(=O)NC(C)C(=O)Oc1ccc(/C=C/C(=O)OCCO[N+](=O)[O-])cc1OC.CC.CCCCCCCC(=O)CCC1CCCC1. The van der Waals surface area contributed by atoms with E-state index in [1.54, 1.807) is 6.07 Å². The van der Waals surface area contributed by atoms with Crippen molar-refractivity contribution in [3.05, 3.63) is 52.1 Å². The molecule has 1 saturated carbocycles. The van der Waals surface area contributed by atoms with Gasteiger partial charge in [-0.1, -0.05) is 90.4 Å². The third-order valence-corrected chi connectivity index (χ3v) is 7.94. The summed E-state index contributed by atoms with van der Waals surface area (Å²) >= 11 is 0. The smallest absolute Gasteiger partial charge is 0.333 e. The van der Waals surface area contributed by atoms with Gasteiger partial charge in [-0.25, -0.2) is 9.59 Å². The standard InChI is InChI=1S/C22H28N2O9.C15H28O.C2H6/c1-4-5-6-7-8-20(25)23-16(2)22(27)33-18-11-9-17(15-19(18)30-3)10-12-21(26)31-13-14-32-24(28)29;1-2-3-4-5-6-11-15(16)13-12-14-9-7-8-10-14;1-2/h4-5,9-12,15-16H,6-8,13-14H2,1-3H3,(H,23,25);14H,2-13H2,1H3;1-2H3/b5-4-,12-10+;;. The fraction of sp³-hybridized carbons (Fsp3) is 0.641. The number of nitrogens with zero attached hydrogens (tertiary/aromatic N) is 1. The van der Waals surface area contributed by atoms with Crippen molar-refractivity contribution < 1.29 is 43.3 Å². The maximum atomic E-state index is 12.3. The maximum Gasteiger partial charge on any atom is 0.333 e. The van der Waals surface area contributed by atoms with E-state index >= 15 is 0 Å². The van der Waals surface area contributed by atoms with Gasteiger partial charge in [-0.3, -0.25) is 9.59 Å². The van der Waals surface area contributed by atoms with Crippen LogP contribution in [0.5, 0.6) is 11.5 Å². The summed E-state index contributed by atoms with van der Waals surface area (Å²) in [5.41, 5.74) is 0.549. The van der Waals surface area contributed by atoms with E-state index in [1.165, 1.54) is 90.0 Å². The zero-order valence-electron chi connectivity index (χ0n) is 31.7. The molecule has 1 fully saturated rings. The Labute approximate surface area is 304 Å². The van der Waals surface area contributed by atoms with Crippen molar-refractivity contribution in [1.29, 1.82) is 0 Å². The molecule has 0 saturated heterocycles. The predicted octanol–water partition coefficient (Wildman–Crippen LogP) is 8.53. The molecule has 51 heavy (non-hydrogen) atoms. The molecule has 1 atom stereocenters. The average molecular weight is 719 g/mol. The molecule has 2 rings (SSSR count). The summed E-state index contributed by atoms with van der Waals surface area (Å²) in [5.74, 6) is 0.169. The molecule has 288 valence electrons. The Morgan fingerprint density at radius 1 is 0.980 bits per heavy atom. The van der Waals surface area contributed by atoms with Gasteiger partial charge in [0.1, 0.15) is 25.0 Å². The van der Waals surface area contributed by atoms with Crippen LogP contribution in [0, 0.1) is 16.0 Å². The molecule has 1 amide bonds. The van der Waals surface area contributed by atoms with E-state index in [1.807, 2.05) is 32.9 Å². The van der Waals surface area contributed by atoms with E-state index in [4.69, 9.17) is 14.2 Å². The first kappa shape index (κ1) is 46.8. The van der Waals surface area contributed by atoms with Gasteiger partial charge in [0, 0.05) is 25.3 Å². The molecule has 1 N–H and O–H groups in total. The molecule has 0 radical (unpaired) electrons. The van der Waals surface area contributed by atoms with Crippen LogP contribution in [0.2, 0.25) is 0 Å². The minimum Gasteiger partial charge on any atom is -0.493 e. The number of ether oxygens (including phenoxy) is 3. The molecule has 0 aromatic heterocycles. The first-order valence-electron chi connectivity index (χ1n) is 18.5. The minimum atomic E-state index is -0.981. The molecule has 0 spiro atoms. The highest BCUT2D eigenvalue weighted by Gasteiger charge is 2.20. The number of amides is 1. The van der Waals surface area contributed by atoms with Gasteiger partial charge >= 0.3 is 11.9 Å². The van der Waals surface area contributed by atoms with Crippen LogP contribution in [0.25, 0.3) is 6.08 Å². The number of methoxy groups -OCH3 is 1. The van der Waals surface area contributed by atoms with Crippen LogP contribution < -0.4 is 14.8 Å². The van der Waals surface area contributed by atoms with Crippen molar-refractivity contribution in [1.82, 2.24) is 5.32 Å². The van der Waals surface area contributed by atoms with Crippen LogP contribution >= 0.6 is 0 Å². The zero-order chi connectivity index (χ0) is 38.3. The second-order valence-corrected chi connectivity index (χ2v) is 12.0. The number of nitrogens with one attached hydrogen (secondary N) is 1. The summed E-state index contributed by atoms with van der Waals surface area (Å²) in [6.45, 7) is 9.03. The molecule has 0 bridgehead atoms. The van der Waals surface area contributed by atoms with Crippen molar-refractivity contribution in [2.45, 2.75) is 137 Å². The normalized spacial score (nSPS) is 13.0. The van der Waals surface area contributed by atoms with Crippen LogP contribution in [0.4, 0.5) is 0 Å². The number of esters is 2. The number of ketones is 1. The van der Waals surface area contributed by atoms with Crippen LogP contribution in [0.3, 0.4) is 0 Å². The lowest BCUT2D eigenvalue weighted by Gasteiger charge is -2.15. The largest absolute Gasteiger partial charge is 0.493 e. The fourth-order valence-electron chi connectivity index (χ4n) is 5.17. The molecular formula is C39H62N2O10. The number of allylic oxidation sites excluding steroid dienone is 2. The summed E-state index contributed by atoms with van der Waals surface area (Å²) < 4.78 is 15.3. The molecule has 1 aliphatic carbocycles. The highest BCUT2D eigenvalue weighted by molar-refractivity contribution is 5.87. The Hall–Kier alpha value is -4.22. The Morgan fingerprint density at radius 2 is 1.69 bits per heavy atom. The third-order valence-electron chi connectivity index (χ3n) is 7.94. The second-order valence-electron chi connectivity index (χ2n) is 12.0. The molecule has 0 aliphatic heterocycles. The van der Waals surface area contributed by atoms with E-state index < -0.39 is 23.1 Å². The topological polar surface area (TPSA) is 160 Å². The lowest BCUT2D eigenvalue weighted by Crippen LogP contribution is -2.40. The highest BCUT2D eigenvalue weighted by atomic mass is 17.0. The number of benzene rings is 1. The highest BCUT2D eigenvalue weighted by Crippen LogP contribution is 2.30. The van der Waals surface area contributed by atoms with Crippen LogP contribution in [-0.4, -0.2) is 55.1 Å². The summed E-state index contributed by atoms with van der Waals surface area (Å²) in [7, 11) is 1.39. The molecule has 12 nitrogen and oxygen atoms in total. The Bertz CT molecular complexity index is 1210. The summed E-state index contributed by atoms with van der Waals surface area (Å²) in [4.78, 5) is 61.6. The first-order chi connectivity index (χ1) is 24.6. The van der Waals surface area contributed by atoms with Crippen molar-refractivity contribution in [2.24, 2.45) is 5.92 Å². The molecular weight excluding hydrogens is 656 g/mol. The number of Topliss-reactive ketones (excluding diaryl/α,β-unsaturated/α-hetero) is 1. The molecule has 1 aromatic rings. The van der Waals surface area contributed by atoms with Gasteiger partial charge in [0.05, 0.1) is 7.11 Å². The van der Waals surface area contributed by atoms with Gasteiger partial charge in [-0.2, -0.15) is 0 Å². The third kappa shape index (κ3) is 24.6. The van der Waals surface area contributed by atoms with Crippen molar-refractivity contribution in [3.63, 3.8) is 0 Å². The molecule has 12 heteroatoms. The number of unbranched alkanes of at least 4 members (excludes halogenated alkanes) is 5. The number of carbonyl (C=O) groups excluding carboxylic acids is 4. The molecule has 1 aromatic carbocycles. The Morgan fingerprint density at radius 3 is 2.33 bits per heavy atom. The van der Waals surface area contributed by atoms with Gasteiger partial charge in [0.15, 0.2) is 11.5 Å². The van der Waals surface area contributed by atoms with E-state index in [2.05, 4.69) is 17.1 Å². The van der Waals surface area contributed by atoms with Gasteiger partial charge in [0.25, 0.3) is 5.09 Å². The van der Waals surface area contributed by atoms with Crippen LogP contribution in [-0.2, 0) is 28.8 Å². The average Bonchev–Trinajstić information content (AvgIpc) is 3.65. The van der Waals surface area contributed by atoms with Crippen LogP contribution in [0.15, 0.2) is 36.4 Å². The number of hydrogen-bond acceptors (Lipinski definition) is 10. The van der Waals surface area contributed by atoms with E-state index in [9.17, 15) is 29.3 Å². The predicted molar refractivity (Wildman–Crippen MR) is 199 cm³/mol. The van der Waals surface area contributed by atoms with E-state index in [0.717, 1.165) is 37.7 Å². The summed E-state index contributed by atoms with van der Waals surface area (Å²) in [6, 6.07) is 3.75. The van der Waals surface area contributed by atoms with E-state index in [-0.39, 0.29) is 30.6 Å². The van der Waals surface area contributed by atoms with Crippen molar-refractivity contribution in [3.8, 4) is 11.5 Å². The lowest BCUT2D eigenvalue weighted by atomic mass is 9.98. The Kier molecular flexibility index (Phi) is 28.1. The second kappa shape index (κ2) is 30.6. The maximum absolute atomic E-state index is 12.3. The molecule has 0 heterocycles.